The van der Waals surface area contributed by atoms with Crippen LogP contribution in [0.1, 0.15) is 40.1 Å². The summed E-state index contributed by atoms with van der Waals surface area (Å²) in [6, 6.07) is 4.68. The third kappa shape index (κ3) is 4.30. The fourth-order valence-corrected chi connectivity index (χ4v) is 2.94. The van der Waals surface area contributed by atoms with Crippen LogP contribution in [-0.2, 0) is 9.47 Å². The van der Waals surface area contributed by atoms with Crippen LogP contribution >= 0.6 is 0 Å². The van der Waals surface area contributed by atoms with Gasteiger partial charge in [-0.25, -0.2) is 4.79 Å². The summed E-state index contributed by atoms with van der Waals surface area (Å²) < 4.78 is 11.0. The molecule has 1 fully saturated rings. The van der Waals surface area contributed by atoms with Crippen molar-refractivity contribution in [3.8, 4) is 0 Å². The molecular weight excluding hydrogens is 298 g/mol. The molecule has 1 aromatic carbocycles. The number of carboxylic acid groups (broad SMARTS) is 1. The third-order valence-corrected chi connectivity index (χ3v) is 3.69. The lowest BCUT2D eigenvalue weighted by atomic mass is 10.0. The molecule has 1 aliphatic heterocycles. The molecule has 1 aromatic rings. The van der Waals surface area contributed by atoms with Crippen LogP contribution in [-0.4, -0.2) is 60.4 Å². The highest BCUT2D eigenvalue weighted by molar-refractivity contribution is 5.98. The first-order valence-corrected chi connectivity index (χ1v) is 7.53. The Morgan fingerprint density at radius 2 is 2.00 bits per heavy atom. The summed E-state index contributed by atoms with van der Waals surface area (Å²) in [7, 11) is 1.59. The van der Waals surface area contributed by atoms with E-state index in [0.29, 0.717) is 25.3 Å². The lowest BCUT2D eigenvalue weighted by Gasteiger charge is -2.42. The Hall–Kier alpha value is -1.92. The van der Waals surface area contributed by atoms with Crippen LogP contribution in [0.25, 0.3) is 0 Å². The zero-order chi connectivity index (χ0) is 17.2. The van der Waals surface area contributed by atoms with Gasteiger partial charge in [0.25, 0.3) is 5.91 Å². The average Bonchev–Trinajstić information content (AvgIpc) is 2.44. The summed E-state index contributed by atoms with van der Waals surface area (Å²) >= 11 is 0. The van der Waals surface area contributed by atoms with Crippen LogP contribution in [0.4, 0.5) is 0 Å². The second-order valence-corrected chi connectivity index (χ2v) is 6.53. The van der Waals surface area contributed by atoms with E-state index >= 15 is 0 Å². The smallest absolute Gasteiger partial charge is 0.335 e. The predicted octanol–water partition coefficient (Wildman–Crippen LogP) is 1.96. The van der Waals surface area contributed by atoms with Crippen molar-refractivity contribution >= 4 is 11.9 Å². The molecule has 1 saturated heterocycles. The molecule has 2 rings (SSSR count). The first kappa shape index (κ1) is 17.4. The number of carbonyl (C=O) groups excluding carboxylic acids is 1. The Morgan fingerprint density at radius 3 is 2.61 bits per heavy atom. The van der Waals surface area contributed by atoms with E-state index in [2.05, 4.69) is 0 Å². The number of ether oxygens (including phenoxy) is 2. The fraction of sp³-hybridized carbons (Fsp3) is 0.529. The maximum atomic E-state index is 12.8. The Morgan fingerprint density at radius 1 is 1.35 bits per heavy atom. The number of aryl methyl sites for hydroxylation is 1. The van der Waals surface area contributed by atoms with Gasteiger partial charge in [-0.3, -0.25) is 4.79 Å². The number of aromatic carboxylic acids is 1. The summed E-state index contributed by atoms with van der Waals surface area (Å²) in [5, 5.41) is 9.16. The first-order chi connectivity index (χ1) is 10.7. The van der Waals surface area contributed by atoms with E-state index in [1.807, 2.05) is 13.8 Å². The average molecular weight is 321 g/mol. The molecule has 23 heavy (non-hydrogen) atoms. The van der Waals surface area contributed by atoms with Gasteiger partial charge >= 0.3 is 5.97 Å². The Bertz CT molecular complexity index is 611. The van der Waals surface area contributed by atoms with Crippen molar-refractivity contribution in [1.29, 1.82) is 0 Å². The number of methoxy groups -OCH3 is 1. The minimum Gasteiger partial charge on any atom is -0.478 e. The summed E-state index contributed by atoms with van der Waals surface area (Å²) in [6.45, 7) is 6.90. The second kappa shape index (κ2) is 6.68. The molecule has 0 aliphatic carbocycles. The van der Waals surface area contributed by atoms with Gasteiger partial charge in [-0.2, -0.15) is 0 Å². The second-order valence-electron chi connectivity index (χ2n) is 6.53. The highest BCUT2D eigenvalue weighted by Crippen LogP contribution is 2.23. The molecule has 1 aliphatic rings. The van der Waals surface area contributed by atoms with Crippen molar-refractivity contribution in [2.45, 2.75) is 32.5 Å². The molecule has 0 aromatic heterocycles. The van der Waals surface area contributed by atoms with Gasteiger partial charge in [-0.1, -0.05) is 0 Å². The number of nitrogens with zero attached hydrogens (tertiary/aromatic N) is 1. The van der Waals surface area contributed by atoms with Gasteiger partial charge in [0.1, 0.15) is 0 Å². The summed E-state index contributed by atoms with van der Waals surface area (Å²) in [4.78, 5) is 25.7. The van der Waals surface area contributed by atoms with Crippen LogP contribution < -0.4 is 0 Å². The van der Waals surface area contributed by atoms with Crippen molar-refractivity contribution in [2.75, 3.05) is 26.8 Å². The molecule has 0 saturated carbocycles. The van der Waals surface area contributed by atoms with Gasteiger partial charge in [0, 0.05) is 25.8 Å². The highest BCUT2D eigenvalue weighted by Gasteiger charge is 2.36. The quantitative estimate of drug-likeness (QED) is 0.917. The van der Waals surface area contributed by atoms with Crippen molar-refractivity contribution in [1.82, 2.24) is 4.90 Å². The van der Waals surface area contributed by atoms with Crippen LogP contribution in [0, 0.1) is 6.92 Å². The molecular formula is C17H23NO5. The standard InChI is InChI=1S/C17H23NO5/c1-11-5-12(7-13(6-11)16(20)21)15(19)18-8-14(9-22-4)23-17(2,3)10-18/h5-7,14H,8-10H2,1-4H3,(H,20,21). The highest BCUT2D eigenvalue weighted by atomic mass is 16.5. The molecule has 1 amide bonds. The monoisotopic (exact) mass is 321 g/mol. The molecule has 126 valence electrons. The van der Waals surface area contributed by atoms with Crippen molar-refractivity contribution < 1.29 is 24.2 Å². The lowest BCUT2D eigenvalue weighted by Crippen LogP contribution is -2.55. The molecule has 1 unspecified atom stereocenters. The van der Waals surface area contributed by atoms with E-state index < -0.39 is 11.6 Å². The molecule has 1 heterocycles. The number of carbonyl (C=O) groups is 2. The number of amides is 1. The minimum absolute atomic E-state index is 0.120. The summed E-state index contributed by atoms with van der Waals surface area (Å²) in [5.74, 6) is -1.23. The number of carboxylic acids is 1. The fourth-order valence-electron chi connectivity index (χ4n) is 2.94. The molecule has 1 N–H and O–H groups in total. The van der Waals surface area contributed by atoms with Gasteiger partial charge < -0.3 is 19.5 Å². The zero-order valence-corrected chi connectivity index (χ0v) is 14.0. The van der Waals surface area contributed by atoms with Crippen molar-refractivity contribution in [2.24, 2.45) is 0 Å². The van der Waals surface area contributed by atoms with Crippen LogP contribution in [0.3, 0.4) is 0 Å². The van der Waals surface area contributed by atoms with Crippen molar-refractivity contribution in [3.63, 3.8) is 0 Å². The molecule has 0 bridgehead atoms. The van der Waals surface area contributed by atoms with E-state index in [4.69, 9.17) is 14.6 Å². The van der Waals surface area contributed by atoms with Gasteiger partial charge in [0.2, 0.25) is 0 Å². The minimum atomic E-state index is -1.04. The third-order valence-electron chi connectivity index (χ3n) is 3.69. The van der Waals surface area contributed by atoms with Crippen LogP contribution in [0.15, 0.2) is 18.2 Å². The summed E-state index contributed by atoms with van der Waals surface area (Å²) in [6.07, 6.45) is -0.198. The number of benzene rings is 1. The van der Waals surface area contributed by atoms with E-state index in [0.717, 1.165) is 5.56 Å². The largest absolute Gasteiger partial charge is 0.478 e. The van der Waals surface area contributed by atoms with E-state index in [1.54, 1.807) is 31.1 Å². The van der Waals surface area contributed by atoms with E-state index in [9.17, 15) is 9.59 Å². The number of morpholine rings is 1. The van der Waals surface area contributed by atoms with Gasteiger partial charge in [0.15, 0.2) is 0 Å². The number of hydrogen-bond donors (Lipinski definition) is 1. The van der Waals surface area contributed by atoms with Gasteiger partial charge in [-0.05, 0) is 44.5 Å². The predicted molar refractivity (Wildman–Crippen MR) is 84.9 cm³/mol. The molecule has 0 radical (unpaired) electrons. The number of rotatable bonds is 4. The molecule has 6 heteroatoms. The van der Waals surface area contributed by atoms with Crippen molar-refractivity contribution in [3.05, 3.63) is 34.9 Å². The SMILES string of the molecule is COCC1CN(C(=O)c2cc(C)cc(C(=O)O)c2)CC(C)(C)O1. The zero-order valence-electron chi connectivity index (χ0n) is 14.0. The molecule has 0 spiro atoms. The summed E-state index contributed by atoms with van der Waals surface area (Å²) in [5.41, 5.74) is 0.774. The first-order valence-electron chi connectivity index (χ1n) is 7.53. The molecule has 1 atom stereocenters. The Kier molecular flexibility index (Phi) is 5.06. The van der Waals surface area contributed by atoms with Gasteiger partial charge in [0.05, 0.1) is 23.9 Å². The van der Waals surface area contributed by atoms with Gasteiger partial charge in [-0.15, -0.1) is 0 Å². The normalized spacial score (nSPS) is 20.3. The van der Waals surface area contributed by atoms with E-state index in [1.165, 1.54) is 6.07 Å². The maximum Gasteiger partial charge on any atom is 0.335 e. The van der Waals surface area contributed by atoms with E-state index in [-0.39, 0.29) is 17.6 Å². The molecule has 6 nitrogen and oxygen atoms in total. The topological polar surface area (TPSA) is 76.1 Å². The van der Waals surface area contributed by atoms with Crippen LogP contribution in [0.2, 0.25) is 0 Å². The maximum absolute atomic E-state index is 12.8. The lowest BCUT2D eigenvalue weighted by molar-refractivity contribution is -0.143. The van der Waals surface area contributed by atoms with Crippen LogP contribution in [0.5, 0.6) is 0 Å². The Labute approximate surface area is 136 Å². The Balaban J connectivity index is 2.26. The number of hydrogen-bond acceptors (Lipinski definition) is 4.